The lowest BCUT2D eigenvalue weighted by atomic mass is 10.2. The molecule has 1 aromatic heterocycles. The van der Waals surface area contributed by atoms with Gasteiger partial charge in [-0.15, -0.1) is 0 Å². The zero-order valence-corrected chi connectivity index (χ0v) is 13.3. The summed E-state index contributed by atoms with van der Waals surface area (Å²) < 4.78 is 1.53. The number of nitro groups is 1. The van der Waals surface area contributed by atoms with Gasteiger partial charge in [-0.05, 0) is 12.2 Å². The maximum absolute atomic E-state index is 10.9. The van der Waals surface area contributed by atoms with Crippen molar-refractivity contribution >= 4 is 24.1 Å². The minimum absolute atomic E-state index is 0.0478. The second kappa shape index (κ2) is 6.53. The van der Waals surface area contributed by atoms with Gasteiger partial charge in [0, 0.05) is 23.3 Å². The van der Waals surface area contributed by atoms with Crippen LogP contribution in [0.1, 0.15) is 5.56 Å². The average molecular weight is 357 g/mol. The van der Waals surface area contributed by atoms with Gasteiger partial charge in [-0.25, -0.2) is 5.10 Å². The topological polar surface area (TPSA) is 130 Å². The zero-order chi connectivity index (χ0) is 18.0. The number of rotatable bonds is 4. The molecule has 10 heteroatoms. The largest absolute Gasteiger partial charge is 0.507 e. The van der Waals surface area contributed by atoms with Gasteiger partial charge in [0.05, 0.1) is 11.1 Å². The van der Waals surface area contributed by atoms with Gasteiger partial charge < -0.3 is 10.2 Å². The highest BCUT2D eigenvalue weighted by Crippen LogP contribution is 2.32. The third-order valence-electron chi connectivity index (χ3n) is 3.32. The van der Waals surface area contributed by atoms with Gasteiger partial charge >= 0.3 is 5.69 Å². The van der Waals surface area contributed by atoms with Crippen LogP contribution in [-0.2, 0) is 0 Å². The number of nitrogens with zero attached hydrogens (tertiary/aromatic N) is 4. The molecular formula is C15H11N5O4S. The number of nitrogens with one attached hydrogen (secondary N) is 1. The van der Waals surface area contributed by atoms with Crippen LogP contribution in [0.5, 0.6) is 11.5 Å². The summed E-state index contributed by atoms with van der Waals surface area (Å²) in [7, 11) is 0. The Labute approximate surface area is 145 Å². The molecule has 0 radical (unpaired) electrons. The number of aromatic nitrogens is 3. The first-order valence-electron chi connectivity index (χ1n) is 6.95. The lowest BCUT2D eigenvalue weighted by molar-refractivity contribution is -0.385. The fraction of sp³-hybridized carbons (Fsp3) is 0. The standard InChI is InChI=1S/C15H11N5O4S/c21-12-7-13(22)11(20(23)24)6-10(12)8-16-19-14(17-18-15(19)25)9-4-2-1-3-5-9/h1-8,21-22H,(H,18,25)/b16-8-. The minimum Gasteiger partial charge on any atom is -0.507 e. The Morgan fingerprint density at radius 2 is 1.96 bits per heavy atom. The van der Waals surface area contributed by atoms with Crippen LogP contribution in [0.4, 0.5) is 5.69 Å². The number of benzene rings is 2. The van der Waals surface area contributed by atoms with Crippen molar-refractivity contribution in [1.82, 2.24) is 14.9 Å². The van der Waals surface area contributed by atoms with Crippen LogP contribution in [0, 0.1) is 14.9 Å². The van der Waals surface area contributed by atoms with E-state index in [1.165, 1.54) is 10.9 Å². The zero-order valence-electron chi connectivity index (χ0n) is 12.5. The Bertz CT molecular complexity index is 1030. The van der Waals surface area contributed by atoms with E-state index in [9.17, 15) is 20.3 Å². The number of aromatic amines is 1. The minimum atomic E-state index is -0.759. The van der Waals surface area contributed by atoms with E-state index in [2.05, 4.69) is 15.3 Å². The van der Waals surface area contributed by atoms with Crippen LogP contribution in [0.3, 0.4) is 0 Å². The van der Waals surface area contributed by atoms with Crippen molar-refractivity contribution in [3.63, 3.8) is 0 Å². The van der Waals surface area contributed by atoms with E-state index in [-0.39, 0.29) is 16.1 Å². The molecule has 3 rings (SSSR count). The molecule has 0 aliphatic carbocycles. The molecule has 0 fully saturated rings. The third kappa shape index (κ3) is 3.23. The molecule has 126 valence electrons. The molecule has 0 aliphatic heterocycles. The van der Waals surface area contributed by atoms with Crippen molar-refractivity contribution in [3.8, 4) is 22.9 Å². The third-order valence-corrected chi connectivity index (χ3v) is 3.58. The Morgan fingerprint density at radius 1 is 1.24 bits per heavy atom. The number of nitro benzene ring substituents is 1. The SMILES string of the molecule is O=[N+]([O-])c1cc(/C=N\n2c(-c3ccccc3)n[nH]c2=S)c(O)cc1O. The van der Waals surface area contributed by atoms with Crippen LogP contribution >= 0.6 is 12.2 Å². The van der Waals surface area contributed by atoms with Crippen LogP contribution in [-0.4, -0.2) is 36.2 Å². The van der Waals surface area contributed by atoms with Crippen molar-refractivity contribution in [2.75, 3.05) is 0 Å². The molecule has 1 heterocycles. The summed E-state index contributed by atoms with van der Waals surface area (Å²) in [5, 5.41) is 41.1. The Morgan fingerprint density at radius 3 is 2.64 bits per heavy atom. The summed E-state index contributed by atoms with van der Waals surface area (Å²) in [5.41, 5.74) is 0.262. The normalized spacial score (nSPS) is 11.0. The molecule has 0 saturated heterocycles. The highest BCUT2D eigenvalue weighted by Gasteiger charge is 2.17. The van der Waals surface area contributed by atoms with Gasteiger partial charge in [-0.2, -0.15) is 14.9 Å². The molecule has 9 nitrogen and oxygen atoms in total. The quantitative estimate of drug-likeness (QED) is 0.285. The molecular weight excluding hydrogens is 346 g/mol. The summed E-state index contributed by atoms with van der Waals surface area (Å²) in [4.78, 5) is 10.1. The monoisotopic (exact) mass is 357 g/mol. The second-order valence-electron chi connectivity index (χ2n) is 4.93. The van der Waals surface area contributed by atoms with Gasteiger partial charge in [-0.3, -0.25) is 10.1 Å². The summed E-state index contributed by atoms with van der Waals surface area (Å²) in [6.45, 7) is 0. The predicted octanol–water partition coefficient (Wildman–Crippen LogP) is 2.81. The average Bonchev–Trinajstić information content (AvgIpc) is 2.95. The van der Waals surface area contributed by atoms with Crippen LogP contribution in [0.15, 0.2) is 47.6 Å². The first-order valence-corrected chi connectivity index (χ1v) is 7.36. The van der Waals surface area contributed by atoms with Crippen LogP contribution in [0.2, 0.25) is 0 Å². The molecule has 0 spiro atoms. The van der Waals surface area contributed by atoms with E-state index >= 15 is 0 Å². The van der Waals surface area contributed by atoms with Gasteiger partial charge in [0.15, 0.2) is 11.6 Å². The molecule has 0 atom stereocenters. The highest BCUT2D eigenvalue weighted by molar-refractivity contribution is 7.71. The number of phenolic OH excluding ortho intramolecular Hbond substituents is 2. The molecule has 0 saturated carbocycles. The maximum Gasteiger partial charge on any atom is 0.311 e. The van der Waals surface area contributed by atoms with Crippen molar-refractivity contribution in [3.05, 3.63) is 62.9 Å². The molecule has 3 aromatic rings. The Kier molecular flexibility index (Phi) is 4.27. The first kappa shape index (κ1) is 16.3. The fourth-order valence-corrected chi connectivity index (χ4v) is 2.30. The lowest BCUT2D eigenvalue weighted by Gasteiger charge is -2.03. The van der Waals surface area contributed by atoms with Crippen molar-refractivity contribution in [1.29, 1.82) is 0 Å². The Balaban J connectivity index is 2.05. The van der Waals surface area contributed by atoms with Gasteiger partial charge in [0.2, 0.25) is 4.77 Å². The van der Waals surface area contributed by atoms with E-state index in [0.29, 0.717) is 5.82 Å². The van der Waals surface area contributed by atoms with E-state index in [4.69, 9.17) is 12.2 Å². The number of phenols is 2. The van der Waals surface area contributed by atoms with Gasteiger partial charge in [0.25, 0.3) is 0 Å². The van der Waals surface area contributed by atoms with Gasteiger partial charge in [0.1, 0.15) is 5.75 Å². The van der Waals surface area contributed by atoms with E-state index in [0.717, 1.165) is 17.7 Å². The van der Waals surface area contributed by atoms with Crippen molar-refractivity contribution < 1.29 is 15.1 Å². The highest BCUT2D eigenvalue weighted by atomic mass is 32.1. The number of hydrogen-bond donors (Lipinski definition) is 3. The summed E-state index contributed by atoms with van der Waals surface area (Å²) in [5.74, 6) is -0.553. The summed E-state index contributed by atoms with van der Waals surface area (Å²) in [6.07, 6.45) is 1.19. The number of H-pyrrole nitrogens is 1. The molecule has 0 unspecified atom stereocenters. The Hall–Kier alpha value is -3.53. The first-order chi connectivity index (χ1) is 12.0. The van der Waals surface area contributed by atoms with Crippen LogP contribution in [0.25, 0.3) is 11.4 Å². The summed E-state index contributed by atoms with van der Waals surface area (Å²) in [6, 6.07) is 11.0. The lowest BCUT2D eigenvalue weighted by Crippen LogP contribution is -1.96. The molecule has 0 amide bonds. The predicted molar refractivity (Wildman–Crippen MR) is 92.3 cm³/mol. The molecule has 0 bridgehead atoms. The molecule has 3 N–H and O–H groups in total. The van der Waals surface area contributed by atoms with E-state index in [1.54, 1.807) is 0 Å². The smallest absolute Gasteiger partial charge is 0.311 e. The molecule has 0 aliphatic rings. The fourth-order valence-electron chi connectivity index (χ4n) is 2.12. The number of aromatic hydroxyl groups is 2. The van der Waals surface area contributed by atoms with Gasteiger partial charge in [-0.1, -0.05) is 30.3 Å². The van der Waals surface area contributed by atoms with E-state index < -0.39 is 16.4 Å². The van der Waals surface area contributed by atoms with Crippen molar-refractivity contribution in [2.45, 2.75) is 0 Å². The number of hydrogen-bond acceptors (Lipinski definition) is 7. The summed E-state index contributed by atoms with van der Waals surface area (Å²) >= 11 is 5.13. The van der Waals surface area contributed by atoms with Crippen LogP contribution < -0.4 is 0 Å². The molecule has 2 aromatic carbocycles. The van der Waals surface area contributed by atoms with Crippen molar-refractivity contribution in [2.24, 2.45) is 5.10 Å². The van der Waals surface area contributed by atoms with E-state index in [1.807, 2.05) is 30.3 Å². The second-order valence-corrected chi connectivity index (χ2v) is 5.32. The maximum atomic E-state index is 10.9. The molecule has 25 heavy (non-hydrogen) atoms.